The van der Waals surface area contributed by atoms with Crippen molar-refractivity contribution in [2.24, 2.45) is 0 Å². The van der Waals surface area contributed by atoms with Crippen LogP contribution in [-0.4, -0.2) is 64.3 Å². The summed E-state index contributed by atoms with van der Waals surface area (Å²) >= 11 is 12.9. The fourth-order valence-electron chi connectivity index (χ4n) is 9.86. The van der Waals surface area contributed by atoms with Gasteiger partial charge < -0.3 is 55.6 Å². The molecule has 10 aromatic rings. The van der Waals surface area contributed by atoms with E-state index in [1.54, 1.807) is 208 Å². The Hall–Kier alpha value is -10.2. The van der Waals surface area contributed by atoms with E-state index >= 15 is 9.59 Å². The van der Waals surface area contributed by atoms with E-state index < -0.39 is 53.0 Å². The molecule has 0 bridgehead atoms. The summed E-state index contributed by atoms with van der Waals surface area (Å²) in [5.41, 5.74) is 2.10. The number of aryl methyl sites for hydroxylation is 2. The Balaban J connectivity index is 1.31. The molecule has 0 aliphatic rings. The second kappa shape index (κ2) is 30.9. The third kappa shape index (κ3) is 16.1. The largest absolute Gasteiger partial charge is 0.530 e. The van der Waals surface area contributed by atoms with E-state index in [0.29, 0.717) is 65.0 Å². The summed E-state index contributed by atoms with van der Waals surface area (Å²) < 4.78 is 75.0. The molecular formula is C72H58Cl2O18P2. The smallest absolute Gasteiger partial charge is 0.469 e. The number of carbonyl (C=O) groups excluding carboxylic acids is 6. The first-order valence-electron chi connectivity index (χ1n) is 28.9. The first kappa shape index (κ1) is 66.7. The topological polar surface area (TPSA) is 213 Å². The summed E-state index contributed by atoms with van der Waals surface area (Å²) in [5, 5.41) is 2.40. The Morgan fingerprint density at radius 3 is 0.926 bits per heavy atom. The molecule has 0 aromatic heterocycles. The van der Waals surface area contributed by atoms with Crippen LogP contribution in [0.4, 0.5) is 0 Å². The van der Waals surface area contributed by atoms with Crippen LogP contribution in [0.1, 0.15) is 54.1 Å². The molecular weight excluding hydrogens is 1290 g/mol. The van der Waals surface area contributed by atoms with Crippen LogP contribution < -0.4 is 36.6 Å². The van der Waals surface area contributed by atoms with Gasteiger partial charge in [0, 0.05) is 43.4 Å². The lowest BCUT2D eigenvalue weighted by molar-refractivity contribution is -0.140. The molecule has 10 rings (SSSR count). The van der Waals surface area contributed by atoms with Gasteiger partial charge in [-0.3, -0.25) is 19.2 Å². The van der Waals surface area contributed by atoms with Crippen LogP contribution in [0.3, 0.4) is 0 Å². The van der Waals surface area contributed by atoms with Gasteiger partial charge in [-0.15, -0.1) is 0 Å². The number of ether oxygens (including phenoxy) is 6. The van der Waals surface area contributed by atoms with Crippen LogP contribution in [-0.2, 0) is 63.8 Å². The van der Waals surface area contributed by atoms with Gasteiger partial charge in [0.1, 0.15) is 45.6 Å². The molecule has 0 saturated carbocycles. The fourth-order valence-corrected chi connectivity index (χ4v) is 12.6. The van der Waals surface area contributed by atoms with Gasteiger partial charge in [0.2, 0.25) is 0 Å². The molecule has 0 N–H and O–H groups in total. The number of hydrogen-bond acceptors (Lipinski definition) is 18. The van der Waals surface area contributed by atoms with Crippen LogP contribution in [0.5, 0.6) is 46.0 Å². The number of esters is 6. The third-order valence-corrected chi connectivity index (χ3v) is 17.1. The average Bonchev–Trinajstić information content (AvgIpc) is 0.731. The molecule has 0 spiro atoms. The Bertz CT molecular complexity index is 4110. The van der Waals surface area contributed by atoms with Crippen LogP contribution in [0.15, 0.2) is 194 Å². The summed E-state index contributed by atoms with van der Waals surface area (Å²) in [6, 6.07) is 53.1. The van der Waals surface area contributed by atoms with Gasteiger partial charge in [0.15, 0.2) is 11.5 Å². The zero-order valence-electron chi connectivity index (χ0n) is 51.3. The molecule has 0 unspecified atom stereocenters. The zero-order valence-corrected chi connectivity index (χ0v) is 54.6. The van der Waals surface area contributed by atoms with Gasteiger partial charge in [-0.25, -0.2) is 9.59 Å². The second-order valence-corrected chi connectivity index (χ2v) is 23.6. The number of carbonyl (C=O) groups is 6. The maximum absolute atomic E-state index is 15.7. The Morgan fingerprint density at radius 2 is 0.628 bits per heavy atom. The Kier molecular flexibility index (Phi) is 21.9. The molecule has 0 aliphatic heterocycles. The van der Waals surface area contributed by atoms with Gasteiger partial charge in [0.05, 0.1) is 54.1 Å². The quantitative estimate of drug-likeness (QED) is 0.0225. The molecule has 0 fully saturated rings. The van der Waals surface area contributed by atoms with Crippen molar-refractivity contribution in [3.05, 3.63) is 249 Å². The average molecular weight is 1340 g/mol. The van der Waals surface area contributed by atoms with Gasteiger partial charge in [-0.1, -0.05) is 145 Å². The molecule has 0 aliphatic carbocycles. The molecule has 478 valence electrons. The van der Waals surface area contributed by atoms with E-state index in [0.717, 1.165) is 0 Å². The zero-order chi connectivity index (χ0) is 66.4. The maximum atomic E-state index is 15.7. The molecule has 0 atom stereocenters. The molecule has 0 amide bonds. The summed E-state index contributed by atoms with van der Waals surface area (Å²) in [5.74, 6) is -4.18. The van der Waals surface area contributed by atoms with Crippen LogP contribution in [0.25, 0.3) is 32.7 Å². The van der Waals surface area contributed by atoms with E-state index in [9.17, 15) is 19.2 Å². The van der Waals surface area contributed by atoms with Gasteiger partial charge in [0.25, 0.3) is 0 Å². The normalized spacial score (nSPS) is 11.0. The SMILES string of the molecule is COC(=O)Cc1ccccc1OP(Oc1ccccc1CC(=O)OC)Oc1c(C(=O)Oc2ccc(Cl)cc2C)cc2ccccc2c1-c1c(OP(Oc2ccccc2CC(=O)OC)Oc2ccccc2CC(=O)OC)c(C(=O)Oc2ccc(Cl)cc2C)cc2ccccc12. The molecule has 0 radical (unpaired) electrons. The number of rotatable bonds is 25. The van der Waals surface area contributed by atoms with Crippen molar-refractivity contribution in [1.82, 2.24) is 0 Å². The predicted octanol–water partition coefficient (Wildman–Crippen LogP) is 16.4. The van der Waals surface area contributed by atoms with Gasteiger partial charge in [-0.05, 0) is 119 Å². The summed E-state index contributed by atoms with van der Waals surface area (Å²) in [7, 11) is -0.931. The van der Waals surface area contributed by atoms with Crippen molar-refractivity contribution in [2.75, 3.05) is 28.4 Å². The fraction of sp³-hybridized carbons (Fsp3) is 0.139. The molecule has 94 heavy (non-hydrogen) atoms. The third-order valence-electron chi connectivity index (χ3n) is 14.5. The number of benzene rings is 10. The van der Waals surface area contributed by atoms with E-state index in [2.05, 4.69) is 0 Å². The second-order valence-electron chi connectivity index (χ2n) is 20.7. The summed E-state index contributed by atoms with van der Waals surface area (Å²) in [6.45, 7) is 3.43. The molecule has 10 aromatic carbocycles. The lowest BCUT2D eigenvalue weighted by atomic mass is 9.88. The molecule has 18 nitrogen and oxygen atoms in total. The number of halogens is 2. The minimum Gasteiger partial charge on any atom is -0.469 e. The van der Waals surface area contributed by atoms with E-state index in [4.69, 9.17) is 78.8 Å². The first-order valence-corrected chi connectivity index (χ1v) is 31.8. The highest BCUT2D eigenvalue weighted by molar-refractivity contribution is 7.43. The number of hydrogen-bond donors (Lipinski definition) is 0. The van der Waals surface area contributed by atoms with E-state index in [1.165, 1.54) is 28.4 Å². The highest BCUT2D eigenvalue weighted by Crippen LogP contribution is 2.56. The van der Waals surface area contributed by atoms with Gasteiger partial charge in [-0.2, -0.15) is 0 Å². The molecule has 0 saturated heterocycles. The number of para-hydroxylation sites is 4. The van der Waals surface area contributed by atoms with Crippen LogP contribution >= 0.6 is 40.4 Å². The summed E-state index contributed by atoms with van der Waals surface area (Å²) in [4.78, 5) is 83.6. The van der Waals surface area contributed by atoms with Crippen molar-refractivity contribution in [3.63, 3.8) is 0 Å². The van der Waals surface area contributed by atoms with Crippen LogP contribution in [0.2, 0.25) is 10.0 Å². The predicted molar refractivity (Wildman–Crippen MR) is 355 cm³/mol. The van der Waals surface area contributed by atoms with Crippen molar-refractivity contribution >= 4 is 97.8 Å². The number of fused-ring (bicyclic) bond motifs is 2. The Labute approximate surface area is 552 Å². The van der Waals surface area contributed by atoms with Crippen LogP contribution in [0, 0.1) is 13.8 Å². The minimum atomic E-state index is -2.97. The standard InChI is InChI=1S/C72H58Cl2O18P2/c1-43-35-51(73)31-33-57(43)85-71(79)55-37-45-19-7-13-25-53(45)67(69(55)91-93(87-59-27-15-9-21-47(59)39-63(75)81-3)88-60-28-16-10-22-48(60)40-64(76)82-4)68-54-26-14-8-20-46(54)38-56(72(80)86-58-34-32-52(74)36-44(58)2)70(68)92-94(89-61-29-17-11-23-49(61)41-65(77)83-5)90-62-30-18-12-24-50(62)42-66(78)84-6/h7-38H,39-42H2,1-6H3. The van der Waals surface area contributed by atoms with Crippen molar-refractivity contribution < 1.29 is 84.3 Å². The molecule has 22 heteroatoms. The van der Waals surface area contributed by atoms with Crippen molar-refractivity contribution in [1.29, 1.82) is 0 Å². The minimum absolute atomic E-state index is 0.0685. The highest BCUT2D eigenvalue weighted by atomic mass is 35.5. The highest BCUT2D eigenvalue weighted by Gasteiger charge is 2.37. The van der Waals surface area contributed by atoms with Gasteiger partial charge >= 0.3 is 53.0 Å². The maximum Gasteiger partial charge on any atom is 0.530 e. The van der Waals surface area contributed by atoms with Crippen molar-refractivity contribution in [3.8, 4) is 57.1 Å². The monoisotopic (exact) mass is 1340 g/mol. The van der Waals surface area contributed by atoms with E-state index in [-0.39, 0.29) is 93.9 Å². The lowest BCUT2D eigenvalue weighted by Gasteiger charge is -2.27. The number of methoxy groups -OCH3 is 4. The summed E-state index contributed by atoms with van der Waals surface area (Å²) in [6.07, 6.45) is -1.03. The van der Waals surface area contributed by atoms with Crippen molar-refractivity contribution in [2.45, 2.75) is 39.5 Å². The van der Waals surface area contributed by atoms with E-state index in [1.807, 2.05) is 0 Å². The Morgan fingerprint density at radius 1 is 0.340 bits per heavy atom. The first-order chi connectivity index (χ1) is 45.5. The molecule has 0 heterocycles. The lowest BCUT2D eigenvalue weighted by Crippen LogP contribution is -2.16.